The third-order valence-corrected chi connectivity index (χ3v) is 3.55. The minimum Gasteiger partial charge on any atom is -0.481 e. The molecule has 0 aliphatic rings. The SMILES string of the molecule is COC(CNC(=O)Nc1ccc(Br)cc1Br)CC(=O)O. The number of anilines is 1. The third kappa shape index (κ3) is 5.89. The first-order chi connectivity index (χ1) is 9.42. The number of carboxylic acid groups (broad SMARTS) is 1. The van der Waals surface area contributed by atoms with Crippen LogP contribution in [-0.2, 0) is 9.53 Å². The largest absolute Gasteiger partial charge is 0.481 e. The molecule has 6 nitrogen and oxygen atoms in total. The van der Waals surface area contributed by atoms with Gasteiger partial charge in [-0.2, -0.15) is 0 Å². The van der Waals surface area contributed by atoms with Crippen LogP contribution in [0, 0.1) is 0 Å². The van der Waals surface area contributed by atoms with Crippen LogP contribution in [0.25, 0.3) is 0 Å². The number of benzene rings is 1. The van der Waals surface area contributed by atoms with E-state index in [2.05, 4.69) is 42.5 Å². The Hall–Kier alpha value is -1.12. The highest BCUT2D eigenvalue weighted by Gasteiger charge is 2.14. The summed E-state index contributed by atoms with van der Waals surface area (Å²) in [5.41, 5.74) is 0.609. The normalized spacial score (nSPS) is 11.8. The second-order valence-electron chi connectivity index (χ2n) is 3.91. The van der Waals surface area contributed by atoms with Crippen LogP contribution >= 0.6 is 31.9 Å². The minimum atomic E-state index is -0.977. The summed E-state index contributed by atoms with van der Waals surface area (Å²) in [5, 5.41) is 13.9. The quantitative estimate of drug-likeness (QED) is 0.674. The Morgan fingerprint density at radius 3 is 2.65 bits per heavy atom. The molecule has 0 fully saturated rings. The molecule has 0 spiro atoms. The number of methoxy groups -OCH3 is 1. The predicted octanol–water partition coefficient (Wildman–Crippen LogP) is 2.82. The summed E-state index contributed by atoms with van der Waals surface area (Å²) in [5.74, 6) is -0.977. The van der Waals surface area contributed by atoms with Gasteiger partial charge in [-0.05, 0) is 34.1 Å². The first-order valence-corrected chi connectivity index (χ1v) is 7.25. The van der Waals surface area contributed by atoms with Crippen LogP contribution in [0.4, 0.5) is 10.5 Å². The zero-order valence-corrected chi connectivity index (χ0v) is 13.8. The lowest BCUT2D eigenvalue weighted by atomic mass is 10.2. The summed E-state index contributed by atoms with van der Waals surface area (Å²) < 4.78 is 6.58. The van der Waals surface area contributed by atoms with Crippen molar-refractivity contribution in [2.24, 2.45) is 0 Å². The van der Waals surface area contributed by atoms with Gasteiger partial charge in [0.2, 0.25) is 0 Å². The minimum absolute atomic E-state index is 0.114. The Morgan fingerprint density at radius 1 is 1.40 bits per heavy atom. The number of rotatable bonds is 6. The highest BCUT2D eigenvalue weighted by molar-refractivity contribution is 9.11. The van der Waals surface area contributed by atoms with Crippen LogP contribution in [0.1, 0.15) is 6.42 Å². The van der Waals surface area contributed by atoms with Gasteiger partial charge < -0.3 is 20.5 Å². The molecule has 0 saturated heterocycles. The van der Waals surface area contributed by atoms with Gasteiger partial charge in [0.15, 0.2) is 0 Å². The van der Waals surface area contributed by atoms with E-state index in [-0.39, 0.29) is 13.0 Å². The number of amides is 2. The molecule has 110 valence electrons. The van der Waals surface area contributed by atoms with E-state index < -0.39 is 18.1 Å². The first kappa shape index (κ1) is 16.9. The molecule has 1 aromatic rings. The smallest absolute Gasteiger partial charge is 0.319 e. The number of carboxylic acids is 1. The zero-order valence-electron chi connectivity index (χ0n) is 10.7. The average molecular weight is 410 g/mol. The van der Waals surface area contributed by atoms with Gasteiger partial charge in [-0.3, -0.25) is 4.79 Å². The summed E-state index contributed by atoms with van der Waals surface area (Å²) in [6, 6.07) is 4.90. The molecule has 1 atom stereocenters. The molecule has 0 bridgehead atoms. The van der Waals surface area contributed by atoms with Crippen molar-refractivity contribution < 1.29 is 19.4 Å². The van der Waals surface area contributed by atoms with Gasteiger partial charge in [-0.15, -0.1) is 0 Å². The lowest BCUT2D eigenvalue weighted by molar-refractivity contribution is -0.139. The number of carbonyl (C=O) groups excluding carboxylic acids is 1. The van der Waals surface area contributed by atoms with Gasteiger partial charge >= 0.3 is 12.0 Å². The number of urea groups is 1. The van der Waals surface area contributed by atoms with Crippen molar-refractivity contribution in [3.8, 4) is 0 Å². The predicted molar refractivity (Wildman–Crippen MR) is 81.9 cm³/mol. The van der Waals surface area contributed by atoms with Crippen LogP contribution in [0.15, 0.2) is 27.1 Å². The Kier molecular flexibility index (Phi) is 6.97. The number of carbonyl (C=O) groups is 2. The Morgan fingerprint density at radius 2 is 2.10 bits per heavy atom. The van der Waals surface area contributed by atoms with Crippen molar-refractivity contribution in [1.82, 2.24) is 5.32 Å². The average Bonchev–Trinajstić information content (AvgIpc) is 2.37. The molecule has 2 amide bonds. The van der Waals surface area contributed by atoms with E-state index in [1.165, 1.54) is 7.11 Å². The van der Waals surface area contributed by atoms with E-state index in [1.54, 1.807) is 18.2 Å². The van der Waals surface area contributed by atoms with Gasteiger partial charge in [0.1, 0.15) is 0 Å². The highest BCUT2D eigenvalue weighted by atomic mass is 79.9. The Balaban J connectivity index is 2.49. The van der Waals surface area contributed by atoms with Gasteiger partial charge in [0.05, 0.1) is 18.2 Å². The molecule has 0 heterocycles. The second kappa shape index (κ2) is 8.23. The summed E-state index contributed by atoms with van der Waals surface area (Å²) >= 11 is 6.64. The Labute approximate surface area is 133 Å². The fraction of sp³-hybridized carbons (Fsp3) is 0.333. The summed E-state index contributed by atoms with van der Waals surface area (Å²) in [4.78, 5) is 22.3. The van der Waals surface area contributed by atoms with E-state index >= 15 is 0 Å². The number of hydrogen-bond acceptors (Lipinski definition) is 3. The summed E-state index contributed by atoms with van der Waals surface area (Å²) in [6.45, 7) is 0.114. The lowest BCUT2D eigenvalue weighted by Gasteiger charge is -2.15. The maximum Gasteiger partial charge on any atom is 0.319 e. The fourth-order valence-corrected chi connectivity index (χ4v) is 2.54. The van der Waals surface area contributed by atoms with Crippen LogP contribution in [0.5, 0.6) is 0 Å². The molecule has 8 heteroatoms. The standard InChI is InChI=1S/C12H14Br2N2O4/c1-20-8(5-11(17)18)6-15-12(19)16-10-3-2-7(13)4-9(10)14/h2-4,8H,5-6H2,1H3,(H,17,18)(H2,15,16,19). The molecule has 20 heavy (non-hydrogen) atoms. The number of aliphatic carboxylic acids is 1. The fourth-order valence-electron chi connectivity index (χ4n) is 1.40. The van der Waals surface area contributed by atoms with Crippen molar-refractivity contribution in [2.45, 2.75) is 12.5 Å². The van der Waals surface area contributed by atoms with Crippen molar-refractivity contribution in [3.63, 3.8) is 0 Å². The van der Waals surface area contributed by atoms with Crippen LogP contribution in [0.3, 0.4) is 0 Å². The molecule has 3 N–H and O–H groups in total. The first-order valence-electron chi connectivity index (χ1n) is 5.67. The van der Waals surface area contributed by atoms with Crippen molar-refractivity contribution in [2.75, 3.05) is 19.0 Å². The van der Waals surface area contributed by atoms with Crippen molar-refractivity contribution in [3.05, 3.63) is 27.1 Å². The maximum atomic E-state index is 11.7. The monoisotopic (exact) mass is 408 g/mol. The zero-order chi connectivity index (χ0) is 15.1. The van der Waals surface area contributed by atoms with Crippen LogP contribution < -0.4 is 10.6 Å². The topological polar surface area (TPSA) is 87.7 Å². The molecule has 1 unspecified atom stereocenters. The van der Waals surface area contributed by atoms with Gasteiger partial charge in [0, 0.05) is 22.6 Å². The van der Waals surface area contributed by atoms with E-state index in [0.29, 0.717) is 5.69 Å². The van der Waals surface area contributed by atoms with Gasteiger partial charge in [-0.1, -0.05) is 15.9 Å². The Bertz CT molecular complexity index is 496. The number of nitrogens with one attached hydrogen (secondary N) is 2. The van der Waals surface area contributed by atoms with Gasteiger partial charge in [0.25, 0.3) is 0 Å². The number of ether oxygens (including phenoxy) is 1. The van der Waals surface area contributed by atoms with E-state index in [1.807, 2.05) is 0 Å². The van der Waals surface area contributed by atoms with Crippen molar-refractivity contribution in [1.29, 1.82) is 0 Å². The second-order valence-corrected chi connectivity index (χ2v) is 5.68. The van der Waals surface area contributed by atoms with Crippen LogP contribution in [-0.4, -0.2) is 36.9 Å². The third-order valence-electron chi connectivity index (χ3n) is 2.41. The molecule has 1 rings (SSSR count). The van der Waals surface area contributed by atoms with Crippen molar-refractivity contribution >= 4 is 49.5 Å². The molecule has 0 aliphatic heterocycles. The number of hydrogen-bond donors (Lipinski definition) is 3. The summed E-state index contributed by atoms with van der Waals surface area (Å²) in [6.07, 6.45) is -0.731. The van der Waals surface area contributed by atoms with Crippen LogP contribution in [0.2, 0.25) is 0 Å². The lowest BCUT2D eigenvalue weighted by Crippen LogP contribution is -2.37. The highest BCUT2D eigenvalue weighted by Crippen LogP contribution is 2.25. The van der Waals surface area contributed by atoms with E-state index in [0.717, 1.165) is 8.95 Å². The molecule has 0 radical (unpaired) electrons. The molecular weight excluding hydrogens is 396 g/mol. The molecule has 0 aliphatic carbocycles. The summed E-state index contributed by atoms with van der Waals surface area (Å²) in [7, 11) is 1.40. The van der Waals surface area contributed by atoms with Gasteiger partial charge in [-0.25, -0.2) is 4.79 Å². The molecule has 0 aromatic heterocycles. The van der Waals surface area contributed by atoms with E-state index in [9.17, 15) is 9.59 Å². The molecular formula is C12H14Br2N2O4. The van der Waals surface area contributed by atoms with E-state index in [4.69, 9.17) is 9.84 Å². The number of halogens is 2. The molecule has 1 aromatic carbocycles. The maximum absolute atomic E-state index is 11.7. The molecule has 0 saturated carbocycles.